The molecule has 4 rings (SSSR count). The maximum absolute atomic E-state index is 13.2. The summed E-state index contributed by atoms with van der Waals surface area (Å²) in [6.45, 7) is 0.814. The number of nitrogens with zero attached hydrogens (tertiary/aromatic N) is 1. The van der Waals surface area contributed by atoms with Crippen molar-refractivity contribution in [3.05, 3.63) is 54.1 Å². The Bertz CT molecular complexity index is 1050. The molecule has 3 N–H and O–H groups in total. The van der Waals surface area contributed by atoms with Crippen LogP contribution in [-0.4, -0.2) is 80.3 Å². The van der Waals surface area contributed by atoms with E-state index in [-0.39, 0.29) is 50.3 Å². The van der Waals surface area contributed by atoms with Crippen LogP contribution in [0.1, 0.15) is 24.8 Å². The number of β-amino-alcohol motifs (C(OH)–C–C–N with tert-alkyl or cyclic N) is 1. The number of urea groups is 1. The molecule has 2 aliphatic heterocycles. The molecule has 2 heterocycles. The molecule has 200 valence electrons. The van der Waals surface area contributed by atoms with E-state index in [1.54, 1.807) is 43.4 Å². The van der Waals surface area contributed by atoms with Crippen LogP contribution in [0.2, 0.25) is 0 Å². The molecule has 2 fully saturated rings. The lowest BCUT2D eigenvalue weighted by atomic mass is 9.95. The van der Waals surface area contributed by atoms with Crippen LogP contribution in [0.25, 0.3) is 0 Å². The van der Waals surface area contributed by atoms with E-state index < -0.39 is 12.2 Å². The number of methoxy groups -OCH3 is 2. The Morgan fingerprint density at radius 1 is 1.05 bits per heavy atom. The number of hydrogen-bond donors (Lipinski definition) is 3. The second-order valence-corrected chi connectivity index (χ2v) is 9.24. The summed E-state index contributed by atoms with van der Waals surface area (Å²) >= 11 is 0. The molecule has 0 aromatic heterocycles. The number of aliphatic hydroxyl groups excluding tert-OH is 1. The molecule has 37 heavy (non-hydrogen) atoms. The summed E-state index contributed by atoms with van der Waals surface area (Å²) in [5, 5.41) is 16.2. The van der Waals surface area contributed by atoms with E-state index in [0.717, 1.165) is 11.3 Å². The van der Waals surface area contributed by atoms with Crippen LogP contribution in [0.4, 0.5) is 10.5 Å². The summed E-state index contributed by atoms with van der Waals surface area (Å²) < 4.78 is 22.4. The fraction of sp³-hybridized carbons (Fsp3) is 0.481. The quantitative estimate of drug-likeness (QED) is 0.521. The van der Waals surface area contributed by atoms with Crippen molar-refractivity contribution in [2.45, 2.75) is 50.2 Å². The predicted octanol–water partition coefficient (Wildman–Crippen LogP) is 2.55. The lowest BCUT2D eigenvalue weighted by Gasteiger charge is -2.44. The standard InChI is InChI=1S/C27H35N3O7/c1-34-21-9-7-19(8-10-21)29-27(33)30-15-20(31)16-36-17-25-23(30)12-11-22(37-25)13-26(32)28-14-18-5-3-4-6-24(18)35-2/h3-10,20,22-23,25,31H,11-17H2,1-2H3,(H,28,32)(H,29,33)/t20-,22-,23+,25-/m1/s1. The molecule has 4 atom stereocenters. The van der Waals surface area contributed by atoms with Gasteiger partial charge in [0.1, 0.15) is 17.6 Å². The summed E-state index contributed by atoms with van der Waals surface area (Å²) in [7, 11) is 3.18. The molecule has 3 amide bonds. The van der Waals surface area contributed by atoms with Crippen LogP contribution in [0.3, 0.4) is 0 Å². The Morgan fingerprint density at radius 3 is 2.59 bits per heavy atom. The molecule has 2 aromatic carbocycles. The van der Waals surface area contributed by atoms with Crippen LogP contribution in [0.15, 0.2) is 48.5 Å². The lowest BCUT2D eigenvalue weighted by Crippen LogP contribution is -2.58. The van der Waals surface area contributed by atoms with Crippen LogP contribution in [0, 0.1) is 0 Å². The first-order valence-corrected chi connectivity index (χ1v) is 12.5. The second kappa shape index (κ2) is 12.8. The fourth-order valence-corrected chi connectivity index (χ4v) is 4.77. The Morgan fingerprint density at radius 2 is 1.84 bits per heavy atom. The van der Waals surface area contributed by atoms with E-state index in [9.17, 15) is 14.7 Å². The van der Waals surface area contributed by atoms with Gasteiger partial charge in [0.05, 0.1) is 58.6 Å². The summed E-state index contributed by atoms with van der Waals surface area (Å²) in [4.78, 5) is 27.5. The van der Waals surface area contributed by atoms with Gasteiger partial charge in [-0.3, -0.25) is 4.79 Å². The van der Waals surface area contributed by atoms with Gasteiger partial charge in [-0.15, -0.1) is 0 Å². The fourth-order valence-electron chi connectivity index (χ4n) is 4.77. The number of ether oxygens (including phenoxy) is 4. The second-order valence-electron chi connectivity index (χ2n) is 9.24. The lowest BCUT2D eigenvalue weighted by molar-refractivity contribution is -0.149. The Labute approximate surface area is 216 Å². The van der Waals surface area contributed by atoms with Crippen molar-refractivity contribution in [1.82, 2.24) is 10.2 Å². The highest BCUT2D eigenvalue weighted by Gasteiger charge is 2.40. The van der Waals surface area contributed by atoms with Crippen molar-refractivity contribution >= 4 is 17.6 Å². The number of carbonyl (C=O) groups excluding carboxylic acids is 2. The van der Waals surface area contributed by atoms with Crippen molar-refractivity contribution in [1.29, 1.82) is 0 Å². The predicted molar refractivity (Wildman–Crippen MR) is 137 cm³/mol. The minimum Gasteiger partial charge on any atom is -0.497 e. The van der Waals surface area contributed by atoms with E-state index in [2.05, 4.69) is 10.6 Å². The van der Waals surface area contributed by atoms with E-state index in [0.29, 0.717) is 30.8 Å². The molecule has 0 spiro atoms. The number of fused-ring (bicyclic) bond motifs is 1. The third-order valence-electron chi connectivity index (χ3n) is 6.66. The Kier molecular flexibility index (Phi) is 9.21. The minimum atomic E-state index is -0.805. The van der Waals surface area contributed by atoms with Crippen molar-refractivity contribution < 1.29 is 33.6 Å². The van der Waals surface area contributed by atoms with Gasteiger partial charge in [0.25, 0.3) is 0 Å². The Balaban J connectivity index is 1.35. The van der Waals surface area contributed by atoms with Crippen LogP contribution in [-0.2, 0) is 20.8 Å². The number of amides is 3. The number of carbonyl (C=O) groups is 2. The molecular formula is C27H35N3O7. The zero-order valence-corrected chi connectivity index (χ0v) is 21.2. The molecule has 0 aliphatic carbocycles. The molecule has 0 bridgehead atoms. The molecule has 0 saturated carbocycles. The van der Waals surface area contributed by atoms with Gasteiger partial charge in [-0.2, -0.15) is 0 Å². The first kappa shape index (κ1) is 26.7. The SMILES string of the molecule is COc1ccc(NC(=O)N2C[C@@H](O)COC[C@H]3O[C@@H](CC(=O)NCc4ccccc4OC)CC[C@@H]32)cc1. The highest BCUT2D eigenvalue weighted by Crippen LogP contribution is 2.28. The smallest absolute Gasteiger partial charge is 0.322 e. The molecule has 2 aliphatic rings. The number of aliphatic hydroxyl groups is 1. The number of anilines is 1. The molecule has 0 radical (unpaired) electrons. The van der Waals surface area contributed by atoms with Gasteiger partial charge in [0.15, 0.2) is 0 Å². The first-order chi connectivity index (χ1) is 18.0. The molecule has 10 heteroatoms. The van der Waals surface area contributed by atoms with E-state index in [4.69, 9.17) is 18.9 Å². The van der Waals surface area contributed by atoms with Crippen molar-refractivity contribution in [2.75, 3.05) is 39.3 Å². The number of hydrogen-bond acceptors (Lipinski definition) is 7. The van der Waals surface area contributed by atoms with Gasteiger partial charge < -0.3 is 39.6 Å². The van der Waals surface area contributed by atoms with Crippen LogP contribution < -0.4 is 20.1 Å². The first-order valence-electron chi connectivity index (χ1n) is 12.5. The van der Waals surface area contributed by atoms with Gasteiger partial charge in [-0.25, -0.2) is 4.79 Å². The molecule has 2 saturated heterocycles. The average Bonchev–Trinajstić information content (AvgIpc) is 2.90. The number of para-hydroxylation sites is 1. The van der Waals surface area contributed by atoms with Gasteiger partial charge in [-0.05, 0) is 43.2 Å². The highest BCUT2D eigenvalue weighted by atomic mass is 16.5. The molecule has 2 aromatic rings. The largest absolute Gasteiger partial charge is 0.497 e. The number of rotatable bonds is 7. The summed E-state index contributed by atoms with van der Waals surface area (Å²) in [6.07, 6.45) is -0.0688. The van der Waals surface area contributed by atoms with Crippen molar-refractivity contribution in [3.63, 3.8) is 0 Å². The van der Waals surface area contributed by atoms with Gasteiger partial charge in [0.2, 0.25) is 5.91 Å². The van der Waals surface area contributed by atoms with E-state index in [1.165, 1.54) is 0 Å². The number of nitrogens with one attached hydrogen (secondary N) is 2. The van der Waals surface area contributed by atoms with Crippen LogP contribution in [0.5, 0.6) is 11.5 Å². The molecule has 10 nitrogen and oxygen atoms in total. The zero-order chi connectivity index (χ0) is 26.2. The third-order valence-corrected chi connectivity index (χ3v) is 6.66. The topological polar surface area (TPSA) is 119 Å². The van der Waals surface area contributed by atoms with Gasteiger partial charge >= 0.3 is 6.03 Å². The van der Waals surface area contributed by atoms with Crippen LogP contribution >= 0.6 is 0 Å². The third kappa shape index (κ3) is 7.12. The summed E-state index contributed by atoms with van der Waals surface area (Å²) in [6, 6.07) is 14.0. The summed E-state index contributed by atoms with van der Waals surface area (Å²) in [5.41, 5.74) is 1.52. The zero-order valence-electron chi connectivity index (χ0n) is 21.2. The maximum Gasteiger partial charge on any atom is 0.322 e. The average molecular weight is 514 g/mol. The Hall–Kier alpha value is -3.34. The van der Waals surface area contributed by atoms with E-state index in [1.807, 2.05) is 24.3 Å². The molecule has 0 unspecified atom stereocenters. The van der Waals surface area contributed by atoms with Crippen molar-refractivity contribution in [3.8, 4) is 11.5 Å². The normalized spacial score (nSPS) is 23.7. The van der Waals surface area contributed by atoms with Gasteiger partial charge in [0, 0.05) is 17.8 Å². The highest BCUT2D eigenvalue weighted by molar-refractivity contribution is 5.89. The van der Waals surface area contributed by atoms with Gasteiger partial charge in [-0.1, -0.05) is 18.2 Å². The number of benzene rings is 2. The molecular weight excluding hydrogens is 478 g/mol. The monoisotopic (exact) mass is 513 g/mol. The summed E-state index contributed by atoms with van der Waals surface area (Å²) in [5.74, 6) is 1.29. The van der Waals surface area contributed by atoms with E-state index >= 15 is 0 Å². The minimum absolute atomic E-state index is 0.100. The van der Waals surface area contributed by atoms with Crippen molar-refractivity contribution in [2.24, 2.45) is 0 Å². The maximum atomic E-state index is 13.2.